The van der Waals surface area contributed by atoms with Gasteiger partial charge >= 0.3 is 6.18 Å². The molecule has 0 saturated carbocycles. The van der Waals surface area contributed by atoms with Gasteiger partial charge in [-0.3, -0.25) is 4.68 Å². The molecule has 4 rings (SSSR count). The van der Waals surface area contributed by atoms with E-state index in [1.165, 1.54) is 22.9 Å². The van der Waals surface area contributed by atoms with E-state index in [4.69, 9.17) is 9.15 Å². The fraction of sp³-hybridized carbons (Fsp3) is 0.278. The van der Waals surface area contributed by atoms with Crippen LogP contribution in [0.25, 0.3) is 21.8 Å². The van der Waals surface area contributed by atoms with E-state index < -0.39 is 11.7 Å². The van der Waals surface area contributed by atoms with Crippen molar-refractivity contribution in [2.45, 2.75) is 26.6 Å². The molecule has 0 amide bonds. The third-order valence-corrected chi connectivity index (χ3v) is 5.09. The van der Waals surface area contributed by atoms with E-state index in [2.05, 4.69) is 15.1 Å². The number of aryl methyl sites for hydroxylation is 3. The summed E-state index contributed by atoms with van der Waals surface area (Å²) in [7, 11) is 1.54. The lowest BCUT2D eigenvalue weighted by Crippen LogP contribution is -2.09. The number of hydrogen-bond acceptors (Lipinski definition) is 6. The van der Waals surface area contributed by atoms with Crippen molar-refractivity contribution in [1.29, 1.82) is 0 Å². The predicted octanol–water partition coefficient (Wildman–Crippen LogP) is 4.90. The maximum atomic E-state index is 13.5. The van der Waals surface area contributed by atoms with Crippen molar-refractivity contribution in [2.75, 3.05) is 0 Å². The summed E-state index contributed by atoms with van der Waals surface area (Å²) >= 11 is 1.48. The van der Waals surface area contributed by atoms with Crippen LogP contribution in [-0.2, 0) is 19.8 Å². The van der Waals surface area contributed by atoms with Crippen LogP contribution in [0.4, 0.5) is 13.2 Å². The fourth-order valence-corrected chi connectivity index (χ4v) is 3.58. The molecule has 4 aromatic rings. The van der Waals surface area contributed by atoms with E-state index in [-0.39, 0.29) is 29.2 Å². The van der Waals surface area contributed by atoms with Gasteiger partial charge in [0.15, 0.2) is 5.65 Å². The number of ether oxygens (including phenoxy) is 1. The second kappa shape index (κ2) is 6.62. The van der Waals surface area contributed by atoms with Gasteiger partial charge in [0.1, 0.15) is 18.1 Å². The minimum absolute atomic E-state index is 0.0278. The van der Waals surface area contributed by atoms with Crippen molar-refractivity contribution >= 4 is 22.4 Å². The Morgan fingerprint density at radius 2 is 2.04 bits per heavy atom. The summed E-state index contributed by atoms with van der Waals surface area (Å²) in [5.74, 6) is 0.840. The first kappa shape index (κ1) is 18.5. The van der Waals surface area contributed by atoms with E-state index in [0.717, 1.165) is 10.9 Å². The number of nitrogens with zero attached hydrogens (tertiary/aromatic N) is 4. The van der Waals surface area contributed by atoms with Gasteiger partial charge in [0.2, 0.25) is 11.8 Å². The Morgan fingerprint density at radius 1 is 1.25 bits per heavy atom. The first-order chi connectivity index (χ1) is 13.2. The van der Waals surface area contributed by atoms with E-state index >= 15 is 0 Å². The molecule has 0 aliphatic carbocycles. The lowest BCUT2D eigenvalue weighted by atomic mass is 10.1. The van der Waals surface area contributed by atoms with Crippen LogP contribution in [0, 0.1) is 13.8 Å². The molecule has 10 heteroatoms. The SMILES string of the molecule is Cc1oc(-c2cccs2)nc1COc1cc(C(F)(F)F)c2c(C)nn(C)c2n1. The van der Waals surface area contributed by atoms with E-state index in [0.29, 0.717) is 17.3 Å². The van der Waals surface area contributed by atoms with Crippen LogP contribution >= 0.6 is 11.3 Å². The third kappa shape index (κ3) is 3.24. The maximum absolute atomic E-state index is 13.5. The average molecular weight is 408 g/mol. The molecule has 0 N–H and O–H groups in total. The predicted molar refractivity (Wildman–Crippen MR) is 97.1 cm³/mol. The van der Waals surface area contributed by atoms with Gasteiger partial charge in [-0.2, -0.15) is 23.3 Å². The number of aromatic nitrogens is 4. The van der Waals surface area contributed by atoms with Crippen molar-refractivity contribution in [1.82, 2.24) is 19.7 Å². The van der Waals surface area contributed by atoms with Crippen LogP contribution in [0.5, 0.6) is 5.88 Å². The number of rotatable bonds is 4. The van der Waals surface area contributed by atoms with Gasteiger partial charge < -0.3 is 9.15 Å². The number of alkyl halides is 3. The first-order valence-electron chi connectivity index (χ1n) is 8.28. The standard InChI is InChI=1S/C18H15F3N4O2S/c1-9-15-11(18(19,20)21)7-14(23-16(15)25(3)24-9)26-8-12-10(2)27-17(22-12)13-5-4-6-28-13/h4-7H,8H2,1-3H3. The summed E-state index contributed by atoms with van der Waals surface area (Å²) in [5.41, 5.74) is 0.0459. The molecule has 0 spiro atoms. The lowest BCUT2D eigenvalue weighted by molar-refractivity contribution is -0.136. The second-order valence-electron chi connectivity index (χ2n) is 6.20. The van der Waals surface area contributed by atoms with E-state index in [9.17, 15) is 13.2 Å². The van der Waals surface area contributed by atoms with Crippen molar-refractivity contribution in [3.63, 3.8) is 0 Å². The highest BCUT2D eigenvalue weighted by Crippen LogP contribution is 2.37. The van der Waals surface area contributed by atoms with Crippen molar-refractivity contribution in [3.05, 3.63) is 46.3 Å². The molecule has 6 nitrogen and oxygen atoms in total. The second-order valence-corrected chi connectivity index (χ2v) is 7.15. The summed E-state index contributed by atoms with van der Waals surface area (Å²) in [6, 6.07) is 4.65. The zero-order valence-electron chi connectivity index (χ0n) is 15.2. The molecule has 4 aromatic heterocycles. The first-order valence-corrected chi connectivity index (χ1v) is 9.16. The molecule has 0 aromatic carbocycles. The molecule has 0 radical (unpaired) electrons. The van der Waals surface area contributed by atoms with Gasteiger partial charge in [0, 0.05) is 13.1 Å². The highest BCUT2D eigenvalue weighted by molar-refractivity contribution is 7.13. The molecule has 0 fully saturated rings. The summed E-state index contributed by atoms with van der Waals surface area (Å²) in [4.78, 5) is 9.43. The maximum Gasteiger partial charge on any atom is 0.417 e. The molecule has 0 aliphatic rings. The van der Waals surface area contributed by atoms with Gasteiger partial charge in [-0.1, -0.05) is 6.07 Å². The Kier molecular flexibility index (Phi) is 4.37. The Balaban J connectivity index is 1.67. The number of thiophene rings is 1. The molecule has 4 heterocycles. The molecule has 0 aliphatic heterocycles. The summed E-state index contributed by atoms with van der Waals surface area (Å²) < 4.78 is 53.1. The van der Waals surface area contributed by atoms with Gasteiger partial charge in [-0.25, -0.2) is 4.98 Å². The highest BCUT2D eigenvalue weighted by Gasteiger charge is 2.35. The number of fused-ring (bicyclic) bond motifs is 1. The number of oxazole rings is 1. The molecule has 0 atom stereocenters. The zero-order valence-corrected chi connectivity index (χ0v) is 16.0. The third-order valence-electron chi connectivity index (χ3n) is 4.23. The van der Waals surface area contributed by atoms with Gasteiger partial charge in [-0.05, 0) is 25.3 Å². The van der Waals surface area contributed by atoms with Crippen LogP contribution in [0.15, 0.2) is 28.0 Å². The molecule has 0 bridgehead atoms. The summed E-state index contributed by atoms with van der Waals surface area (Å²) in [6.07, 6.45) is -4.55. The topological polar surface area (TPSA) is 66.0 Å². The fourth-order valence-electron chi connectivity index (χ4n) is 2.93. The highest BCUT2D eigenvalue weighted by atomic mass is 32.1. The van der Waals surface area contributed by atoms with Crippen molar-refractivity contribution in [3.8, 4) is 16.6 Å². The number of hydrogen-bond donors (Lipinski definition) is 0. The normalized spacial score (nSPS) is 12.1. The minimum Gasteiger partial charge on any atom is -0.471 e. The monoisotopic (exact) mass is 408 g/mol. The lowest BCUT2D eigenvalue weighted by Gasteiger charge is -2.11. The van der Waals surface area contributed by atoms with E-state index in [1.54, 1.807) is 14.0 Å². The molecular formula is C18H15F3N4O2S. The Hall–Kier alpha value is -2.88. The Bertz CT molecular complexity index is 1150. The average Bonchev–Trinajstić information content (AvgIpc) is 3.33. The van der Waals surface area contributed by atoms with Crippen LogP contribution in [0.3, 0.4) is 0 Å². The molecule has 0 saturated heterocycles. The summed E-state index contributed by atoms with van der Waals surface area (Å²) in [5, 5.41) is 5.92. The zero-order chi connectivity index (χ0) is 20.1. The smallest absolute Gasteiger partial charge is 0.417 e. The molecule has 146 valence electrons. The van der Waals surface area contributed by atoms with Crippen LogP contribution in [0.1, 0.15) is 22.7 Å². The molecule has 0 unspecified atom stereocenters. The van der Waals surface area contributed by atoms with Gasteiger partial charge in [0.25, 0.3) is 0 Å². The van der Waals surface area contributed by atoms with Crippen molar-refractivity contribution in [2.24, 2.45) is 7.05 Å². The van der Waals surface area contributed by atoms with Crippen LogP contribution in [0.2, 0.25) is 0 Å². The Labute approximate surface area is 161 Å². The molecular weight excluding hydrogens is 393 g/mol. The van der Waals surface area contributed by atoms with Gasteiger partial charge in [0.05, 0.1) is 21.5 Å². The summed E-state index contributed by atoms with van der Waals surface area (Å²) in [6.45, 7) is 3.18. The quantitative estimate of drug-likeness (QED) is 0.481. The van der Waals surface area contributed by atoms with Crippen LogP contribution in [-0.4, -0.2) is 19.7 Å². The van der Waals surface area contributed by atoms with Crippen LogP contribution < -0.4 is 4.74 Å². The largest absolute Gasteiger partial charge is 0.471 e. The number of halogens is 3. The number of pyridine rings is 1. The minimum atomic E-state index is -4.55. The van der Waals surface area contributed by atoms with Crippen molar-refractivity contribution < 1.29 is 22.3 Å². The van der Waals surface area contributed by atoms with Gasteiger partial charge in [-0.15, -0.1) is 11.3 Å². The van der Waals surface area contributed by atoms with E-state index in [1.807, 2.05) is 17.5 Å². The molecule has 28 heavy (non-hydrogen) atoms. The Morgan fingerprint density at radius 3 is 2.71 bits per heavy atom.